The third-order valence-electron chi connectivity index (χ3n) is 3.50. The largest absolute Gasteiger partial charge is 0.370 e. The maximum Gasteiger partial charge on any atom is 0.191 e. The quantitative estimate of drug-likeness (QED) is 0.486. The molecule has 1 fully saturated rings. The first kappa shape index (κ1) is 16.8. The van der Waals surface area contributed by atoms with Crippen molar-refractivity contribution in [1.82, 2.24) is 4.90 Å². The molecule has 1 aliphatic rings. The monoisotopic (exact) mass is 393 g/mol. The summed E-state index contributed by atoms with van der Waals surface area (Å²) in [6.45, 7) is 7.34. The van der Waals surface area contributed by atoms with E-state index in [0.717, 1.165) is 25.6 Å². The summed E-state index contributed by atoms with van der Waals surface area (Å²) in [6.07, 6.45) is 3.81. The van der Waals surface area contributed by atoms with Crippen LogP contribution >= 0.6 is 35.3 Å². The fourth-order valence-electron chi connectivity index (χ4n) is 2.24. The summed E-state index contributed by atoms with van der Waals surface area (Å²) in [5, 5.41) is 2.12. The SMILES string of the molecule is CC(C)(CN=C(N)N1CCCCC1)c1cccs1.I. The zero-order chi connectivity index (χ0) is 13.0. The van der Waals surface area contributed by atoms with E-state index in [1.54, 1.807) is 11.3 Å². The van der Waals surface area contributed by atoms with Gasteiger partial charge in [0.1, 0.15) is 0 Å². The third kappa shape index (κ3) is 4.63. The van der Waals surface area contributed by atoms with Gasteiger partial charge >= 0.3 is 0 Å². The highest BCUT2D eigenvalue weighted by molar-refractivity contribution is 14.0. The molecule has 0 aliphatic carbocycles. The lowest BCUT2D eigenvalue weighted by Crippen LogP contribution is -2.41. The van der Waals surface area contributed by atoms with Crippen LogP contribution in [0, 0.1) is 0 Å². The lowest BCUT2D eigenvalue weighted by atomic mass is 9.92. The summed E-state index contributed by atoms with van der Waals surface area (Å²) >= 11 is 1.79. The molecule has 1 aliphatic heterocycles. The predicted octanol–water partition coefficient (Wildman–Crippen LogP) is 3.44. The molecule has 5 heteroatoms. The van der Waals surface area contributed by atoms with Crippen LogP contribution < -0.4 is 5.73 Å². The van der Waals surface area contributed by atoms with Crippen LogP contribution in [0.4, 0.5) is 0 Å². The van der Waals surface area contributed by atoms with Gasteiger partial charge < -0.3 is 10.6 Å². The number of piperidine rings is 1. The molecule has 108 valence electrons. The summed E-state index contributed by atoms with van der Waals surface area (Å²) < 4.78 is 0. The second-order valence-electron chi connectivity index (χ2n) is 5.58. The molecule has 2 heterocycles. The molecule has 0 unspecified atom stereocenters. The molecule has 1 aromatic rings. The molecule has 0 radical (unpaired) electrons. The molecular weight excluding hydrogens is 369 g/mol. The lowest BCUT2D eigenvalue weighted by Gasteiger charge is -2.28. The van der Waals surface area contributed by atoms with Crippen LogP contribution in [0.2, 0.25) is 0 Å². The molecule has 3 nitrogen and oxygen atoms in total. The van der Waals surface area contributed by atoms with E-state index >= 15 is 0 Å². The molecule has 0 amide bonds. The van der Waals surface area contributed by atoms with E-state index in [1.807, 2.05) is 0 Å². The van der Waals surface area contributed by atoms with Crippen LogP contribution in [-0.4, -0.2) is 30.5 Å². The number of hydrogen-bond donors (Lipinski definition) is 1. The molecule has 2 N–H and O–H groups in total. The van der Waals surface area contributed by atoms with Gasteiger partial charge in [-0.3, -0.25) is 4.99 Å². The molecule has 19 heavy (non-hydrogen) atoms. The van der Waals surface area contributed by atoms with E-state index in [2.05, 4.69) is 41.3 Å². The zero-order valence-corrected chi connectivity index (χ0v) is 14.9. The Morgan fingerprint density at radius 1 is 1.37 bits per heavy atom. The van der Waals surface area contributed by atoms with Gasteiger partial charge in [-0.1, -0.05) is 19.9 Å². The molecule has 0 saturated carbocycles. The first-order valence-corrected chi connectivity index (χ1v) is 7.56. The van der Waals surface area contributed by atoms with Gasteiger partial charge in [0.25, 0.3) is 0 Å². The molecule has 1 saturated heterocycles. The van der Waals surface area contributed by atoms with Crippen LogP contribution in [0.3, 0.4) is 0 Å². The average molecular weight is 393 g/mol. The van der Waals surface area contributed by atoms with Gasteiger partial charge in [-0.15, -0.1) is 35.3 Å². The highest BCUT2D eigenvalue weighted by Crippen LogP contribution is 2.27. The fourth-order valence-corrected chi connectivity index (χ4v) is 3.09. The molecule has 1 aromatic heterocycles. The Morgan fingerprint density at radius 2 is 2.05 bits per heavy atom. The van der Waals surface area contributed by atoms with Gasteiger partial charge in [0.15, 0.2) is 5.96 Å². The number of rotatable bonds is 3. The molecule has 0 bridgehead atoms. The summed E-state index contributed by atoms with van der Waals surface area (Å²) in [5.41, 5.74) is 6.17. The number of hydrogen-bond acceptors (Lipinski definition) is 2. The third-order valence-corrected chi connectivity index (χ3v) is 4.74. The number of halogens is 1. The van der Waals surface area contributed by atoms with Crippen molar-refractivity contribution in [2.24, 2.45) is 10.7 Å². The van der Waals surface area contributed by atoms with Crippen LogP contribution in [-0.2, 0) is 5.41 Å². The first-order valence-electron chi connectivity index (χ1n) is 6.68. The van der Waals surface area contributed by atoms with Crippen LogP contribution in [0.1, 0.15) is 38.0 Å². The second kappa shape index (κ2) is 7.47. The number of nitrogens with two attached hydrogens (primary N) is 1. The zero-order valence-electron chi connectivity index (χ0n) is 11.8. The van der Waals surface area contributed by atoms with Gasteiger partial charge in [0.2, 0.25) is 0 Å². The minimum absolute atomic E-state index is 0. The number of likely N-dealkylation sites (tertiary alicyclic amines) is 1. The molecular formula is C14H24IN3S. The predicted molar refractivity (Wildman–Crippen MR) is 94.7 cm³/mol. The normalized spacial score (nSPS) is 17.2. The van der Waals surface area contributed by atoms with Crippen LogP contribution in [0.15, 0.2) is 22.5 Å². The Kier molecular flexibility index (Phi) is 6.59. The molecule has 0 aromatic carbocycles. The summed E-state index contributed by atoms with van der Waals surface area (Å²) in [4.78, 5) is 8.19. The van der Waals surface area contributed by atoms with Gasteiger partial charge in [0.05, 0.1) is 6.54 Å². The van der Waals surface area contributed by atoms with E-state index in [1.165, 1.54) is 24.1 Å². The van der Waals surface area contributed by atoms with Crippen LogP contribution in [0.25, 0.3) is 0 Å². The Hall–Kier alpha value is -0.300. The molecule has 2 rings (SSSR count). The minimum Gasteiger partial charge on any atom is -0.370 e. The average Bonchev–Trinajstić information content (AvgIpc) is 2.92. The summed E-state index contributed by atoms with van der Waals surface area (Å²) in [5.74, 6) is 0.722. The molecule has 0 atom stereocenters. The van der Waals surface area contributed by atoms with E-state index in [4.69, 9.17) is 5.73 Å². The van der Waals surface area contributed by atoms with Crippen molar-refractivity contribution < 1.29 is 0 Å². The van der Waals surface area contributed by atoms with Crippen molar-refractivity contribution in [3.63, 3.8) is 0 Å². The molecule has 0 spiro atoms. The second-order valence-corrected chi connectivity index (χ2v) is 6.53. The van der Waals surface area contributed by atoms with Gasteiger partial charge in [-0.25, -0.2) is 0 Å². The Morgan fingerprint density at radius 3 is 2.63 bits per heavy atom. The van der Waals surface area contributed by atoms with Gasteiger partial charge in [-0.2, -0.15) is 0 Å². The first-order chi connectivity index (χ1) is 8.59. The maximum absolute atomic E-state index is 6.09. The number of guanidine groups is 1. The topological polar surface area (TPSA) is 41.6 Å². The van der Waals surface area contributed by atoms with E-state index < -0.39 is 0 Å². The standard InChI is InChI=1S/C14H23N3S.HI/c1-14(2,12-7-6-10-18-12)11-16-13(15)17-8-4-3-5-9-17;/h6-7,10H,3-5,8-9,11H2,1-2H3,(H2,15,16);1H. The number of nitrogens with zero attached hydrogens (tertiary/aromatic N) is 2. The highest BCUT2D eigenvalue weighted by atomic mass is 127. The van der Waals surface area contributed by atoms with Gasteiger partial charge in [-0.05, 0) is 30.7 Å². The minimum atomic E-state index is 0. The Labute approximate surface area is 137 Å². The van der Waals surface area contributed by atoms with E-state index in [9.17, 15) is 0 Å². The maximum atomic E-state index is 6.09. The van der Waals surface area contributed by atoms with E-state index in [0.29, 0.717) is 0 Å². The van der Waals surface area contributed by atoms with Gasteiger partial charge in [0, 0.05) is 23.4 Å². The Balaban J connectivity index is 0.00000180. The van der Waals surface area contributed by atoms with Crippen LogP contribution in [0.5, 0.6) is 0 Å². The Bertz CT molecular complexity index is 395. The van der Waals surface area contributed by atoms with Crippen molar-refractivity contribution in [1.29, 1.82) is 0 Å². The lowest BCUT2D eigenvalue weighted by molar-refractivity contribution is 0.337. The van der Waals surface area contributed by atoms with Crippen molar-refractivity contribution >= 4 is 41.3 Å². The summed E-state index contributed by atoms with van der Waals surface area (Å²) in [6, 6.07) is 4.27. The number of thiophene rings is 1. The fraction of sp³-hybridized carbons (Fsp3) is 0.643. The summed E-state index contributed by atoms with van der Waals surface area (Å²) in [7, 11) is 0. The highest BCUT2D eigenvalue weighted by Gasteiger charge is 2.22. The number of aliphatic imine (C=N–C) groups is 1. The van der Waals surface area contributed by atoms with Crippen molar-refractivity contribution in [3.05, 3.63) is 22.4 Å². The van der Waals surface area contributed by atoms with E-state index in [-0.39, 0.29) is 29.4 Å². The van der Waals surface area contributed by atoms with Crippen molar-refractivity contribution in [3.8, 4) is 0 Å². The smallest absolute Gasteiger partial charge is 0.191 e. The van der Waals surface area contributed by atoms with Crippen molar-refractivity contribution in [2.75, 3.05) is 19.6 Å². The van der Waals surface area contributed by atoms with Crippen molar-refractivity contribution in [2.45, 2.75) is 38.5 Å².